The minimum atomic E-state index is -0.965. The molecule has 1 fully saturated rings. The summed E-state index contributed by atoms with van der Waals surface area (Å²) in [4.78, 5) is 91.1. The Bertz CT molecular complexity index is 1240. The summed E-state index contributed by atoms with van der Waals surface area (Å²) in [5.41, 5.74) is 0.376. The number of urea groups is 1. The van der Waals surface area contributed by atoms with Crippen LogP contribution in [-0.2, 0) is 28.7 Å². The molecule has 4 unspecified atom stereocenters. The molecule has 1 saturated heterocycles. The number of Topliss-reactive ketones (excluding diaryl/α,β-unsaturated/α-hetero) is 3. The topological polar surface area (TPSA) is 168 Å². The molecule has 1 aromatic rings. The zero-order valence-electron chi connectivity index (χ0n) is 26.7. The van der Waals surface area contributed by atoms with E-state index in [-0.39, 0.29) is 62.2 Å². The van der Waals surface area contributed by atoms with Crippen LogP contribution in [0.5, 0.6) is 0 Å². The number of methoxy groups -OCH3 is 1. The Balaban J connectivity index is 2.15. The lowest BCUT2D eigenvalue weighted by Crippen LogP contribution is -2.50. The fourth-order valence-electron chi connectivity index (χ4n) is 5.02. The Labute approximate surface area is 278 Å². The Hall–Kier alpha value is -3.36. The molecule has 0 spiro atoms. The van der Waals surface area contributed by atoms with Gasteiger partial charge in [0, 0.05) is 59.9 Å². The minimum Gasteiger partial charge on any atom is -0.469 e. The summed E-state index contributed by atoms with van der Waals surface area (Å²) in [5, 5.41) is 8.25. The number of esters is 1. The van der Waals surface area contributed by atoms with Crippen LogP contribution >= 0.6 is 22.6 Å². The highest BCUT2D eigenvalue weighted by Gasteiger charge is 2.33. The molecule has 4 atom stereocenters. The van der Waals surface area contributed by atoms with Crippen LogP contribution < -0.4 is 16.0 Å². The maximum atomic E-state index is 13.7. The summed E-state index contributed by atoms with van der Waals surface area (Å²) in [6.45, 7) is 8.06. The van der Waals surface area contributed by atoms with Crippen molar-refractivity contribution in [2.45, 2.75) is 78.3 Å². The van der Waals surface area contributed by atoms with Crippen LogP contribution in [-0.4, -0.2) is 84.9 Å². The van der Waals surface area contributed by atoms with Crippen molar-refractivity contribution in [1.29, 1.82) is 0 Å². The summed E-state index contributed by atoms with van der Waals surface area (Å²) in [6, 6.07) is 4.71. The molecule has 248 valence electrons. The third-order valence-electron chi connectivity index (χ3n) is 7.95. The van der Waals surface area contributed by atoms with Crippen molar-refractivity contribution < 1.29 is 38.3 Å². The average Bonchev–Trinajstić information content (AvgIpc) is 3.01. The highest BCUT2D eigenvalue weighted by Crippen LogP contribution is 2.20. The minimum absolute atomic E-state index is 0.150. The van der Waals surface area contributed by atoms with E-state index in [1.807, 2.05) is 0 Å². The normalized spacial score (nSPS) is 15.7. The summed E-state index contributed by atoms with van der Waals surface area (Å²) in [7, 11) is 1.20. The van der Waals surface area contributed by atoms with Crippen molar-refractivity contribution in [1.82, 2.24) is 20.9 Å². The molecule has 13 heteroatoms. The molecular formula is C32H45IN4O8. The fourth-order valence-corrected chi connectivity index (χ4v) is 5.38. The van der Waals surface area contributed by atoms with Crippen LogP contribution in [0.1, 0.15) is 76.6 Å². The third-order valence-corrected chi connectivity index (χ3v) is 8.67. The second kappa shape index (κ2) is 18.6. The molecule has 1 aliphatic heterocycles. The number of nitrogens with one attached hydrogen (secondary N) is 3. The van der Waals surface area contributed by atoms with Crippen LogP contribution in [0.4, 0.5) is 4.79 Å². The van der Waals surface area contributed by atoms with E-state index in [1.165, 1.54) is 14.0 Å². The first-order chi connectivity index (χ1) is 21.3. The van der Waals surface area contributed by atoms with E-state index in [0.29, 0.717) is 18.7 Å². The molecular weight excluding hydrogens is 695 g/mol. The lowest BCUT2D eigenvalue weighted by atomic mass is 9.86. The fraction of sp³-hybridized carbons (Fsp3) is 0.594. The number of ether oxygens (including phenoxy) is 1. The van der Waals surface area contributed by atoms with Gasteiger partial charge in [0.1, 0.15) is 5.78 Å². The number of halogens is 1. The largest absolute Gasteiger partial charge is 0.469 e. The summed E-state index contributed by atoms with van der Waals surface area (Å²) >= 11 is 2.13. The second-order valence-corrected chi connectivity index (χ2v) is 12.9. The van der Waals surface area contributed by atoms with Crippen molar-refractivity contribution in [3.8, 4) is 0 Å². The van der Waals surface area contributed by atoms with Gasteiger partial charge >= 0.3 is 12.0 Å². The molecule has 0 radical (unpaired) electrons. The number of carbonyl (C=O) groups excluding carboxylic acids is 7. The molecule has 1 aliphatic rings. The maximum absolute atomic E-state index is 13.7. The van der Waals surface area contributed by atoms with Gasteiger partial charge in [-0.05, 0) is 72.5 Å². The van der Waals surface area contributed by atoms with E-state index in [1.54, 1.807) is 49.9 Å². The molecule has 0 aliphatic carbocycles. The summed E-state index contributed by atoms with van der Waals surface area (Å²) in [6.07, 6.45) is 0.418. The SMILES string of the molecule is CCC(=O)C(CC(=O)OC)CC(=O)C(C)NC(=O)C(CC(=O)C(CCN1CCCNC1=O)NC(=O)c1ccc(I)cc1)C(C)C. The Morgan fingerprint density at radius 2 is 1.62 bits per heavy atom. The van der Waals surface area contributed by atoms with Gasteiger partial charge in [0.2, 0.25) is 5.91 Å². The van der Waals surface area contributed by atoms with Crippen molar-refractivity contribution in [2.24, 2.45) is 17.8 Å². The average molecular weight is 741 g/mol. The van der Waals surface area contributed by atoms with Gasteiger partial charge in [0.05, 0.1) is 25.6 Å². The smallest absolute Gasteiger partial charge is 0.317 e. The molecule has 1 heterocycles. The molecule has 12 nitrogen and oxygen atoms in total. The van der Waals surface area contributed by atoms with Crippen molar-refractivity contribution >= 4 is 63.8 Å². The summed E-state index contributed by atoms with van der Waals surface area (Å²) < 4.78 is 5.60. The van der Waals surface area contributed by atoms with E-state index in [2.05, 4.69) is 43.3 Å². The number of ketones is 3. The van der Waals surface area contributed by atoms with E-state index >= 15 is 0 Å². The van der Waals surface area contributed by atoms with E-state index < -0.39 is 47.5 Å². The van der Waals surface area contributed by atoms with Crippen molar-refractivity contribution in [3.63, 3.8) is 0 Å². The molecule has 2 rings (SSSR count). The highest BCUT2D eigenvalue weighted by atomic mass is 127. The highest BCUT2D eigenvalue weighted by molar-refractivity contribution is 14.1. The predicted molar refractivity (Wildman–Crippen MR) is 175 cm³/mol. The van der Waals surface area contributed by atoms with E-state index in [0.717, 1.165) is 9.99 Å². The van der Waals surface area contributed by atoms with Gasteiger partial charge in [-0.1, -0.05) is 20.8 Å². The Morgan fingerprint density at radius 3 is 2.20 bits per heavy atom. The molecule has 0 aromatic heterocycles. The van der Waals surface area contributed by atoms with E-state index in [4.69, 9.17) is 0 Å². The molecule has 45 heavy (non-hydrogen) atoms. The molecule has 4 amide bonds. The molecule has 0 saturated carbocycles. The second-order valence-electron chi connectivity index (χ2n) is 11.6. The first-order valence-electron chi connectivity index (χ1n) is 15.3. The van der Waals surface area contributed by atoms with Gasteiger partial charge in [-0.3, -0.25) is 28.8 Å². The van der Waals surface area contributed by atoms with E-state index in [9.17, 15) is 33.6 Å². The van der Waals surface area contributed by atoms with Gasteiger partial charge in [-0.2, -0.15) is 0 Å². The van der Waals surface area contributed by atoms with Crippen LogP contribution in [0.25, 0.3) is 0 Å². The predicted octanol–water partition coefficient (Wildman–Crippen LogP) is 3.05. The van der Waals surface area contributed by atoms with Gasteiger partial charge in [-0.25, -0.2) is 4.79 Å². The van der Waals surface area contributed by atoms with Gasteiger partial charge in [-0.15, -0.1) is 0 Å². The van der Waals surface area contributed by atoms with Crippen molar-refractivity contribution in [3.05, 3.63) is 33.4 Å². The van der Waals surface area contributed by atoms with Crippen LogP contribution in [0, 0.1) is 21.3 Å². The lowest BCUT2D eigenvalue weighted by Gasteiger charge is -2.29. The number of amides is 4. The van der Waals surface area contributed by atoms with Gasteiger partial charge in [0.15, 0.2) is 11.6 Å². The number of carbonyl (C=O) groups is 7. The number of hydrogen-bond donors (Lipinski definition) is 3. The zero-order chi connectivity index (χ0) is 33.7. The van der Waals surface area contributed by atoms with Crippen molar-refractivity contribution in [2.75, 3.05) is 26.7 Å². The van der Waals surface area contributed by atoms with Gasteiger partial charge < -0.3 is 25.6 Å². The zero-order valence-corrected chi connectivity index (χ0v) is 28.8. The first kappa shape index (κ1) is 37.8. The number of nitrogens with zero attached hydrogens (tertiary/aromatic N) is 1. The first-order valence-corrected chi connectivity index (χ1v) is 16.4. The number of benzene rings is 1. The van der Waals surface area contributed by atoms with Crippen LogP contribution in [0.3, 0.4) is 0 Å². The molecule has 3 N–H and O–H groups in total. The monoisotopic (exact) mass is 740 g/mol. The lowest BCUT2D eigenvalue weighted by molar-refractivity contribution is -0.144. The third kappa shape index (κ3) is 12.2. The number of rotatable bonds is 18. The Morgan fingerprint density at radius 1 is 0.956 bits per heavy atom. The standard InChI is InChI=1S/C32H45IN4O8/c1-6-26(38)22(17-29(41)45-5)16-27(39)20(4)35-31(43)24(19(2)3)18-28(40)25(12-15-37-14-7-13-34-32(37)44)36-30(42)21-8-10-23(33)11-9-21/h8-11,19-20,22,24-25H,6-7,12-18H2,1-5H3,(H,34,44)(H,35,43)(H,36,42). The quantitative estimate of drug-likeness (QED) is 0.153. The van der Waals surface area contributed by atoms with Crippen LogP contribution in [0.2, 0.25) is 0 Å². The molecule has 0 bridgehead atoms. The number of hydrogen-bond acceptors (Lipinski definition) is 8. The van der Waals surface area contributed by atoms with Gasteiger partial charge in [0.25, 0.3) is 5.91 Å². The molecule has 1 aromatic carbocycles. The van der Waals surface area contributed by atoms with Crippen LogP contribution in [0.15, 0.2) is 24.3 Å². The summed E-state index contributed by atoms with van der Waals surface area (Å²) in [5.74, 6) is -4.55. The maximum Gasteiger partial charge on any atom is 0.317 e. The Kier molecular flexibility index (Phi) is 15.6.